The van der Waals surface area contributed by atoms with Gasteiger partial charge in [-0.15, -0.1) is 5.01 Å². The van der Waals surface area contributed by atoms with Gasteiger partial charge in [0.25, 0.3) is 0 Å². The molecule has 2 saturated heterocycles. The van der Waals surface area contributed by atoms with Gasteiger partial charge in [-0.1, -0.05) is 42.5 Å². The highest BCUT2D eigenvalue weighted by molar-refractivity contribution is 7.99. The molecule has 0 bridgehead atoms. The van der Waals surface area contributed by atoms with E-state index >= 15 is 0 Å². The molecule has 2 aliphatic heterocycles. The molecule has 10 nitrogen and oxygen atoms in total. The molecular formula is C26H32N4O6S. The molecule has 2 aromatic rings. The number of hydrazine groups is 1. The Hall–Kier alpha value is -3.31. The number of esters is 1. The van der Waals surface area contributed by atoms with Crippen LogP contribution in [0.1, 0.15) is 17.5 Å². The fraction of sp³-hybridized carbons (Fsp3) is 0.462. The van der Waals surface area contributed by atoms with E-state index in [-0.39, 0.29) is 43.4 Å². The lowest BCUT2D eigenvalue weighted by atomic mass is 10.1. The number of likely N-dealkylation sites (N-methyl/N-ethyl adjacent to an activating group) is 1. The maximum atomic E-state index is 13.6. The van der Waals surface area contributed by atoms with Crippen molar-refractivity contribution < 1.29 is 24.1 Å². The standard InChI is InChI=1S/C26H32N4O6S/c1-27-15-22(37-18-20-8-10-21(35-2)11-9-20)14-23(27)25(31)29-13-12-28(30(33)34)16-24(29)26(32)36-17-19-6-4-3-5-7-19/h3-11,22-24H,12-18H2,1-2H3/t22-,23-,24?/m0/s1. The first-order valence-electron chi connectivity index (χ1n) is 12.2. The lowest BCUT2D eigenvalue weighted by molar-refractivity contribution is -0.658. The molecule has 198 valence electrons. The quantitative estimate of drug-likeness (QED) is 0.276. The van der Waals surface area contributed by atoms with E-state index in [9.17, 15) is 19.7 Å². The third-order valence-corrected chi connectivity index (χ3v) is 8.12. The van der Waals surface area contributed by atoms with Crippen LogP contribution in [0, 0.1) is 10.1 Å². The number of hydrogen-bond acceptors (Lipinski definition) is 8. The van der Waals surface area contributed by atoms with E-state index in [1.54, 1.807) is 18.9 Å². The maximum absolute atomic E-state index is 13.6. The van der Waals surface area contributed by atoms with Crippen LogP contribution in [-0.4, -0.2) is 89.4 Å². The zero-order valence-electron chi connectivity index (χ0n) is 21.0. The Kier molecular flexibility index (Phi) is 8.88. The Labute approximate surface area is 220 Å². The number of piperazine rings is 1. The number of benzene rings is 2. The van der Waals surface area contributed by atoms with E-state index in [4.69, 9.17) is 9.47 Å². The largest absolute Gasteiger partial charge is 0.497 e. The van der Waals surface area contributed by atoms with Gasteiger partial charge in [-0.2, -0.15) is 11.8 Å². The highest BCUT2D eigenvalue weighted by atomic mass is 32.2. The van der Waals surface area contributed by atoms with E-state index in [2.05, 4.69) is 0 Å². The van der Waals surface area contributed by atoms with Crippen LogP contribution in [0.3, 0.4) is 0 Å². The van der Waals surface area contributed by atoms with Crippen LogP contribution in [0.5, 0.6) is 5.75 Å². The van der Waals surface area contributed by atoms with Crippen LogP contribution in [-0.2, 0) is 26.7 Å². The van der Waals surface area contributed by atoms with Crippen molar-refractivity contribution >= 4 is 23.6 Å². The average molecular weight is 529 g/mol. The SMILES string of the molecule is COc1ccc(CS[C@H]2C[C@@H](C(=O)N3CCN([N+](=O)[O-])CC3C(=O)OCc3ccccc3)N(C)C2)cc1. The smallest absolute Gasteiger partial charge is 0.331 e. The Morgan fingerprint density at radius 1 is 1.03 bits per heavy atom. The number of amides is 1. The van der Waals surface area contributed by atoms with Crippen molar-refractivity contribution in [2.75, 3.05) is 40.3 Å². The molecule has 2 fully saturated rings. The van der Waals surface area contributed by atoms with Gasteiger partial charge in [0, 0.05) is 24.1 Å². The maximum Gasteiger partial charge on any atom is 0.331 e. The fourth-order valence-corrected chi connectivity index (χ4v) is 5.98. The third kappa shape index (κ3) is 6.72. The third-order valence-electron chi connectivity index (χ3n) is 6.81. The van der Waals surface area contributed by atoms with Crippen molar-refractivity contribution in [1.29, 1.82) is 0 Å². The fourth-order valence-electron chi connectivity index (χ4n) is 4.70. The molecule has 37 heavy (non-hydrogen) atoms. The minimum Gasteiger partial charge on any atom is -0.497 e. The van der Waals surface area contributed by atoms with Gasteiger partial charge in [-0.3, -0.25) is 9.69 Å². The molecule has 1 unspecified atom stereocenters. The topological polar surface area (TPSA) is 105 Å². The van der Waals surface area contributed by atoms with Gasteiger partial charge in [-0.25, -0.2) is 14.9 Å². The summed E-state index contributed by atoms with van der Waals surface area (Å²) in [7, 11) is 3.55. The monoisotopic (exact) mass is 528 g/mol. The highest BCUT2D eigenvalue weighted by Crippen LogP contribution is 2.31. The first-order chi connectivity index (χ1) is 17.9. The molecule has 0 saturated carbocycles. The van der Waals surface area contributed by atoms with Crippen molar-refractivity contribution in [3.05, 3.63) is 75.8 Å². The summed E-state index contributed by atoms with van der Waals surface area (Å²) in [6.07, 6.45) is 0.650. The summed E-state index contributed by atoms with van der Waals surface area (Å²) in [5.41, 5.74) is 1.99. The zero-order valence-corrected chi connectivity index (χ0v) is 21.8. The van der Waals surface area contributed by atoms with Crippen molar-refractivity contribution in [3.63, 3.8) is 0 Å². The van der Waals surface area contributed by atoms with Crippen LogP contribution in [0.15, 0.2) is 54.6 Å². The number of carbonyl (C=O) groups excluding carboxylic acids is 2. The number of carbonyl (C=O) groups is 2. The van der Waals surface area contributed by atoms with Crippen LogP contribution in [0.4, 0.5) is 0 Å². The Morgan fingerprint density at radius 3 is 2.43 bits per heavy atom. The average Bonchev–Trinajstić information content (AvgIpc) is 3.30. The second-order valence-corrected chi connectivity index (χ2v) is 10.6. The molecular weight excluding hydrogens is 496 g/mol. The predicted octanol–water partition coefficient (Wildman–Crippen LogP) is 2.45. The van der Waals surface area contributed by atoms with Gasteiger partial charge < -0.3 is 14.4 Å². The Bertz CT molecular complexity index is 1090. The zero-order chi connectivity index (χ0) is 26.4. The molecule has 1 amide bonds. The minimum atomic E-state index is -1.03. The number of nitro groups is 1. The molecule has 2 aliphatic rings. The number of rotatable bonds is 9. The highest BCUT2D eigenvalue weighted by Gasteiger charge is 2.44. The van der Waals surface area contributed by atoms with Gasteiger partial charge in [0.15, 0.2) is 11.1 Å². The van der Waals surface area contributed by atoms with E-state index in [1.165, 1.54) is 10.5 Å². The molecule has 0 aromatic heterocycles. The normalized spacial score (nSPS) is 22.1. The van der Waals surface area contributed by atoms with Crippen LogP contribution in [0.25, 0.3) is 0 Å². The van der Waals surface area contributed by atoms with Crippen molar-refractivity contribution in [2.45, 2.75) is 36.1 Å². The molecule has 3 atom stereocenters. The molecule has 0 spiro atoms. The number of likely N-dealkylation sites (tertiary alicyclic amines) is 1. The Balaban J connectivity index is 1.38. The summed E-state index contributed by atoms with van der Waals surface area (Å²) in [6, 6.07) is 15.7. The van der Waals surface area contributed by atoms with Crippen LogP contribution < -0.4 is 4.74 Å². The van der Waals surface area contributed by atoms with E-state index in [0.29, 0.717) is 6.42 Å². The van der Waals surface area contributed by atoms with Crippen molar-refractivity contribution in [1.82, 2.24) is 14.8 Å². The molecule has 11 heteroatoms. The van der Waals surface area contributed by atoms with Crippen molar-refractivity contribution in [2.24, 2.45) is 0 Å². The summed E-state index contributed by atoms with van der Waals surface area (Å²) in [5, 5.41) is 12.1. The summed E-state index contributed by atoms with van der Waals surface area (Å²) in [6.45, 7) is 0.754. The predicted molar refractivity (Wildman–Crippen MR) is 139 cm³/mol. The second-order valence-electron chi connectivity index (χ2n) is 9.26. The van der Waals surface area contributed by atoms with Crippen molar-refractivity contribution in [3.8, 4) is 5.75 Å². The van der Waals surface area contributed by atoms with E-state index in [0.717, 1.165) is 28.6 Å². The molecule has 4 rings (SSSR count). The Morgan fingerprint density at radius 2 is 1.76 bits per heavy atom. The number of thioether (sulfide) groups is 1. The second kappa shape index (κ2) is 12.3. The minimum absolute atomic E-state index is 0.0457. The van der Waals surface area contributed by atoms with E-state index in [1.807, 2.05) is 66.5 Å². The van der Waals surface area contributed by atoms with Gasteiger partial charge in [0.05, 0.1) is 19.7 Å². The van der Waals surface area contributed by atoms with Crippen LogP contribution in [0.2, 0.25) is 0 Å². The summed E-state index contributed by atoms with van der Waals surface area (Å²) < 4.78 is 10.7. The number of methoxy groups -OCH3 is 1. The van der Waals surface area contributed by atoms with E-state index < -0.39 is 17.0 Å². The molecule has 2 heterocycles. The molecule has 0 aliphatic carbocycles. The summed E-state index contributed by atoms with van der Waals surface area (Å²) in [5.74, 6) is 0.822. The summed E-state index contributed by atoms with van der Waals surface area (Å²) >= 11 is 1.80. The molecule has 0 radical (unpaired) electrons. The lowest BCUT2D eigenvalue weighted by Crippen LogP contribution is -2.62. The molecule has 0 N–H and O–H groups in total. The van der Waals surface area contributed by atoms with Gasteiger partial charge in [0.2, 0.25) is 5.91 Å². The lowest BCUT2D eigenvalue weighted by Gasteiger charge is -2.38. The first-order valence-corrected chi connectivity index (χ1v) is 13.3. The number of ether oxygens (including phenoxy) is 2. The first kappa shape index (κ1) is 26.7. The van der Waals surface area contributed by atoms with Gasteiger partial charge in [0.1, 0.15) is 18.9 Å². The van der Waals surface area contributed by atoms with Gasteiger partial charge >= 0.3 is 5.97 Å². The van der Waals surface area contributed by atoms with Crippen LogP contribution >= 0.6 is 11.8 Å². The number of hydrogen-bond donors (Lipinski definition) is 0. The molecule has 2 aromatic carbocycles. The summed E-state index contributed by atoms with van der Waals surface area (Å²) in [4.78, 5) is 41.6. The van der Waals surface area contributed by atoms with Gasteiger partial charge in [-0.05, 0) is 36.7 Å². The number of nitrogens with zero attached hydrogens (tertiary/aromatic N) is 4.